The molecule has 0 aromatic heterocycles. The van der Waals surface area contributed by atoms with E-state index in [4.69, 9.17) is 9.47 Å². The highest BCUT2D eigenvalue weighted by atomic mass is 16.5. The van der Waals surface area contributed by atoms with Crippen molar-refractivity contribution in [1.82, 2.24) is 4.90 Å². The third kappa shape index (κ3) is 4.74. The molecule has 1 aromatic rings. The third-order valence-electron chi connectivity index (χ3n) is 2.96. The molecule has 1 amide bonds. The van der Waals surface area contributed by atoms with Gasteiger partial charge in [0.05, 0.1) is 19.8 Å². The first kappa shape index (κ1) is 16.3. The Morgan fingerprint density at radius 2 is 2.10 bits per heavy atom. The zero-order valence-corrected chi connectivity index (χ0v) is 12.5. The molecule has 1 aromatic carbocycles. The molecule has 1 atom stereocenters. The van der Waals surface area contributed by atoms with Crippen LogP contribution in [0.2, 0.25) is 0 Å². The highest BCUT2D eigenvalue weighted by Crippen LogP contribution is 2.29. The number of rotatable bonds is 7. The van der Waals surface area contributed by atoms with Crippen molar-refractivity contribution >= 4 is 5.91 Å². The molecule has 0 spiro atoms. The third-order valence-corrected chi connectivity index (χ3v) is 2.96. The maximum Gasteiger partial charge on any atom is 0.222 e. The van der Waals surface area contributed by atoms with E-state index in [1.807, 2.05) is 0 Å². The molecule has 0 saturated carbocycles. The first-order valence-electron chi connectivity index (χ1n) is 6.64. The fraction of sp³-hybridized carbons (Fsp3) is 0.533. The van der Waals surface area contributed by atoms with Gasteiger partial charge in [-0.05, 0) is 25.5 Å². The molecule has 0 bridgehead atoms. The monoisotopic (exact) mass is 281 g/mol. The van der Waals surface area contributed by atoms with Gasteiger partial charge in [0.2, 0.25) is 5.91 Å². The Balaban J connectivity index is 2.59. The van der Waals surface area contributed by atoms with Crippen LogP contribution in [0.4, 0.5) is 0 Å². The zero-order valence-electron chi connectivity index (χ0n) is 12.5. The summed E-state index contributed by atoms with van der Waals surface area (Å²) in [5.74, 6) is 1.35. The van der Waals surface area contributed by atoms with Gasteiger partial charge in [-0.25, -0.2) is 0 Å². The van der Waals surface area contributed by atoms with E-state index in [1.165, 1.54) is 0 Å². The smallest absolute Gasteiger partial charge is 0.222 e. The maximum absolute atomic E-state index is 11.4. The van der Waals surface area contributed by atoms with Crippen LogP contribution < -0.4 is 9.47 Å². The lowest BCUT2D eigenvalue weighted by molar-refractivity contribution is -0.128. The number of hydrogen-bond donors (Lipinski definition) is 1. The summed E-state index contributed by atoms with van der Waals surface area (Å²) in [5, 5.41) is 9.70. The number of hydrogen-bond acceptors (Lipinski definition) is 4. The van der Waals surface area contributed by atoms with E-state index in [0.717, 1.165) is 0 Å². The summed E-state index contributed by atoms with van der Waals surface area (Å²) < 4.78 is 10.8. The SMILES string of the molecule is COc1ccc([C@H](C)O)c(OCCCC(=O)N(C)C)c1. The Labute approximate surface area is 120 Å². The van der Waals surface area contributed by atoms with Gasteiger partial charge in [0, 0.05) is 32.1 Å². The van der Waals surface area contributed by atoms with Crippen LogP contribution in [-0.4, -0.2) is 43.7 Å². The van der Waals surface area contributed by atoms with Crippen LogP contribution in [0.1, 0.15) is 31.4 Å². The minimum absolute atomic E-state index is 0.0787. The van der Waals surface area contributed by atoms with Crippen LogP contribution in [-0.2, 0) is 4.79 Å². The molecule has 1 N–H and O–H groups in total. The first-order chi connectivity index (χ1) is 9.45. The van der Waals surface area contributed by atoms with Gasteiger partial charge in [-0.3, -0.25) is 4.79 Å². The number of ether oxygens (including phenoxy) is 2. The molecule has 20 heavy (non-hydrogen) atoms. The lowest BCUT2D eigenvalue weighted by Gasteiger charge is -2.15. The largest absolute Gasteiger partial charge is 0.497 e. The summed E-state index contributed by atoms with van der Waals surface area (Å²) in [5.41, 5.74) is 0.713. The maximum atomic E-state index is 11.4. The number of carbonyl (C=O) groups excluding carboxylic acids is 1. The van der Waals surface area contributed by atoms with Crippen LogP contribution >= 0.6 is 0 Å². The number of nitrogens with zero attached hydrogens (tertiary/aromatic N) is 1. The van der Waals surface area contributed by atoms with Gasteiger partial charge in [0.1, 0.15) is 11.5 Å². The minimum Gasteiger partial charge on any atom is -0.497 e. The second-order valence-corrected chi connectivity index (χ2v) is 4.82. The van der Waals surface area contributed by atoms with Gasteiger partial charge in [0.15, 0.2) is 0 Å². The predicted molar refractivity (Wildman–Crippen MR) is 77.1 cm³/mol. The molecule has 0 aliphatic carbocycles. The summed E-state index contributed by atoms with van der Waals surface area (Å²) >= 11 is 0. The second kappa shape index (κ2) is 7.75. The Morgan fingerprint density at radius 1 is 1.40 bits per heavy atom. The van der Waals surface area contributed by atoms with Gasteiger partial charge in [-0.2, -0.15) is 0 Å². The van der Waals surface area contributed by atoms with Crippen LogP contribution in [0.25, 0.3) is 0 Å². The standard InChI is InChI=1S/C15H23NO4/c1-11(17)13-8-7-12(19-4)10-14(13)20-9-5-6-15(18)16(2)3/h7-8,10-11,17H,5-6,9H2,1-4H3/t11-/m0/s1. The van der Waals surface area contributed by atoms with Gasteiger partial charge in [0.25, 0.3) is 0 Å². The van der Waals surface area contributed by atoms with E-state index in [1.54, 1.807) is 51.2 Å². The Kier molecular flexibility index (Phi) is 6.31. The number of methoxy groups -OCH3 is 1. The predicted octanol–water partition coefficient (Wildman–Crippen LogP) is 2.00. The molecule has 0 radical (unpaired) electrons. The highest BCUT2D eigenvalue weighted by Gasteiger charge is 2.11. The molecule has 0 saturated heterocycles. The number of aliphatic hydroxyl groups is 1. The minimum atomic E-state index is -0.612. The van der Waals surface area contributed by atoms with Crippen molar-refractivity contribution in [3.05, 3.63) is 23.8 Å². The van der Waals surface area contributed by atoms with E-state index in [9.17, 15) is 9.90 Å². The van der Waals surface area contributed by atoms with E-state index in [-0.39, 0.29) is 5.91 Å². The van der Waals surface area contributed by atoms with Crippen molar-refractivity contribution < 1.29 is 19.4 Å². The number of aliphatic hydroxyl groups excluding tert-OH is 1. The number of benzene rings is 1. The van der Waals surface area contributed by atoms with Crippen LogP contribution in [0.5, 0.6) is 11.5 Å². The van der Waals surface area contributed by atoms with Crippen molar-refractivity contribution in [3.8, 4) is 11.5 Å². The summed E-state index contributed by atoms with van der Waals surface area (Å²) in [6, 6.07) is 5.31. The van der Waals surface area contributed by atoms with Gasteiger partial charge in [-0.15, -0.1) is 0 Å². The second-order valence-electron chi connectivity index (χ2n) is 4.82. The topological polar surface area (TPSA) is 59.0 Å². The van der Waals surface area contributed by atoms with Gasteiger partial charge in [-0.1, -0.05) is 0 Å². The average Bonchev–Trinajstić information content (AvgIpc) is 2.42. The molecule has 0 unspecified atom stereocenters. The molecule has 0 aliphatic heterocycles. The normalized spacial score (nSPS) is 11.8. The fourth-order valence-corrected chi connectivity index (χ4v) is 1.74. The molecular formula is C15H23NO4. The molecule has 1 rings (SSSR count). The summed E-state index contributed by atoms with van der Waals surface area (Å²) in [6.07, 6.45) is 0.466. The fourth-order valence-electron chi connectivity index (χ4n) is 1.74. The van der Waals surface area contributed by atoms with E-state index in [0.29, 0.717) is 36.5 Å². The quantitative estimate of drug-likeness (QED) is 0.777. The Morgan fingerprint density at radius 3 is 2.65 bits per heavy atom. The van der Waals surface area contributed by atoms with E-state index >= 15 is 0 Å². The van der Waals surface area contributed by atoms with Crippen molar-refractivity contribution in [1.29, 1.82) is 0 Å². The molecule has 5 heteroatoms. The van der Waals surface area contributed by atoms with Gasteiger partial charge >= 0.3 is 0 Å². The molecule has 0 heterocycles. The molecule has 5 nitrogen and oxygen atoms in total. The lowest BCUT2D eigenvalue weighted by atomic mass is 10.1. The van der Waals surface area contributed by atoms with Crippen LogP contribution in [0.15, 0.2) is 18.2 Å². The van der Waals surface area contributed by atoms with E-state index < -0.39 is 6.10 Å². The lowest BCUT2D eigenvalue weighted by Crippen LogP contribution is -2.21. The van der Waals surface area contributed by atoms with Crippen LogP contribution in [0.3, 0.4) is 0 Å². The molecule has 112 valence electrons. The van der Waals surface area contributed by atoms with E-state index in [2.05, 4.69) is 0 Å². The van der Waals surface area contributed by atoms with Crippen molar-refractivity contribution in [2.24, 2.45) is 0 Å². The first-order valence-corrected chi connectivity index (χ1v) is 6.64. The van der Waals surface area contributed by atoms with Crippen molar-refractivity contribution in [2.75, 3.05) is 27.8 Å². The van der Waals surface area contributed by atoms with Crippen molar-refractivity contribution in [3.63, 3.8) is 0 Å². The average molecular weight is 281 g/mol. The summed E-state index contributed by atoms with van der Waals surface area (Å²) in [6.45, 7) is 2.11. The van der Waals surface area contributed by atoms with Crippen LogP contribution in [0, 0.1) is 0 Å². The molecule has 0 fully saturated rings. The van der Waals surface area contributed by atoms with Gasteiger partial charge < -0.3 is 19.5 Å². The van der Waals surface area contributed by atoms with Crippen molar-refractivity contribution in [2.45, 2.75) is 25.9 Å². The summed E-state index contributed by atoms with van der Waals surface area (Å²) in [4.78, 5) is 13.0. The highest BCUT2D eigenvalue weighted by molar-refractivity contribution is 5.75. The number of amides is 1. The Hall–Kier alpha value is -1.75. The molecule has 0 aliphatic rings. The summed E-state index contributed by atoms with van der Waals surface area (Å²) in [7, 11) is 5.05. The number of carbonyl (C=O) groups is 1. The molecular weight excluding hydrogens is 258 g/mol. The Bertz CT molecular complexity index is 443. The zero-order chi connectivity index (χ0) is 15.1.